The fraction of sp³-hybridized carbons (Fsp3) is 0.625. The van der Waals surface area contributed by atoms with Crippen LogP contribution in [0.4, 0.5) is 0 Å². The lowest BCUT2D eigenvalue weighted by molar-refractivity contribution is -0.128. The molecule has 0 aromatic heterocycles. The van der Waals surface area contributed by atoms with Gasteiger partial charge in [-0.3, -0.25) is 4.90 Å². The molecule has 1 fully saturated rings. The zero-order valence-corrected chi connectivity index (χ0v) is 7.59. The van der Waals surface area contributed by atoms with Crippen LogP contribution in [0.25, 0.3) is 0 Å². The van der Waals surface area contributed by atoms with E-state index < -0.39 is 5.97 Å². The van der Waals surface area contributed by atoms with Crippen LogP contribution in [0.1, 0.15) is 12.8 Å². The van der Waals surface area contributed by atoms with Crippen molar-refractivity contribution in [2.75, 3.05) is 19.6 Å². The first-order valence-electron chi connectivity index (χ1n) is 4.04. The summed E-state index contributed by atoms with van der Waals surface area (Å²) in [5.74, 6) is -0.504. The van der Waals surface area contributed by atoms with Crippen molar-refractivity contribution in [2.24, 2.45) is 0 Å². The molecule has 1 aliphatic rings. The molecule has 0 saturated carbocycles. The smallest absolute Gasteiger partial charge is 0.344 e. The topological polar surface area (TPSA) is 29.5 Å². The monoisotopic (exact) mass is 189 g/mol. The fourth-order valence-electron chi connectivity index (χ4n) is 1.29. The first-order valence-corrected chi connectivity index (χ1v) is 4.35. The Hall–Kier alpha value is -0.540. The predicted molar refractivity (Wildman–Crippen MR) is 46.8 cm³/mol. The summed E-state index contributed by atoms with van der Waals surface area (Å²) in [5.41, 5.74) is 0. The summed E-state index contributed by atoms with van der Waals surface area (Å²) in [6.07, 6.45) is 5.64. The molecule has 0 bridgehead atoms. The molecule has 1 saturated heterocycles. The maximum Gasteiger partial charge on any atom is 0.348 e. The van der Waals surface area contributed by atoms with E-state index in [0.29, 0.717) is 0 Å². The van der Waals surface area contributed by atoms with E-state index in [-0.39, 0.29) is 0 Å². The second-order valence-electron chi connectivity index (χ2n) is 2.81. The molecule has 0 N–H and O–H groups in total. The van der Waals surface area contributed by atoms with Crippen molar-refractivity contribution in [3.05, 3.63) is 12.2 Å². The van der Waals surface area contributed by atoms with Gasteiger partial charge in [-0.25, -0.2) is 4.79 Å². The quantitative estimate of drug-likeness (QED) is 0.628. The number of carbonyl (C=O) groups is 1. The number of rotatable bonds is 3. The van der Waals surface area contributed by atoms with Gasteiger partial charge in [-0.1, -0.05) is 6.08 Å². The third kappa shape index (κ3) is 3.24. The van der Waals surface area contributed by atoms with E-state index in [1.807, 2.05) is 0 Å². The molecule has 0 aromatic rings. The van der Waals surface area contributed by atoms with Gasteiger partial charge in [-0.05, 0) is 25.9 Å². The van der Waals surface area contributed by atoms with Crippen molar-refractivity contribution in [3.63, 3.8) is 0 Å². The van der Waals surface area contributed by atoms with E-state index >= 15 is 0 Å². The van der Waals surface area contributed by atoms with Crippen molar-refractivity contribution in [1.82, 2.24) is 4.90 Å². The molecule has 0 amide bonds. The Kier molecular flexibility index (Phi) is 4.11. The van der Waals surface area contributed by atoms with Crippen molar-refractivity contribution in [2.45, 2.75) is 12.8 Å². The summed E-state index contributed by atoms with van der Waals surface area (Å²) in [7, 11) is 0. The van der Waals surface area contributed by atoms with Crippen LogP contribution in [-0.4, -0.2) is 30.5 Å². The van der Waals surface area contributed by atoms with Crippen LogP contribution in [0.5, 0.6) is 0 Å². The zero-order chi connectivity index (χ0) is 8.81. The highest BCUT2D eigenvalue weighted by molar-refractivity contribution is 6.14. The highest BCUT2D eigenvalue weighted by Crippen LogP contribution is 2.06. The molecular weight excluding hydrogens is 178 g/mol. The first-order chi connectivity index (χ1) is 5.83. The molecule has 0 spiro atoms. The lowest BCUT2D eigenvalue weighted by Crippen LogP contribution is -2.18. The first kappa shape index (κ1) is 9.55. The molecule has 0 radical (unpaired) electrons. The van der Waals surface area contributed by atoms with E-state index in [4.69, 9.17) is 11.9 Å². The summed E-state index contributed by atoms with van der Waals surface area (Å²) >= 11 is 4.83. The molecule has 0 aromatic carbocycles. The maximum atomic E-state index is 10.5. The SMILES string of the molecule is O=C(/C=C/CN1CCCC1)OCl. The van der Waals surface area contributed by atoms with Crippen molar-refractivity contribution in [3.8, 4) is 0 Å². The lowest BCUT2D eigenvalue weighted by Gasteiger charge is -2.09. The largest absolute Gasteiger partial charge is 0.348 e. The molecule has 1 rings (SSSR count). The van der Waals surface area contributed by atoms with Crippen molar-refractivity contribution < 1.29 is 9.08 Å². The Bertz CT molecular complexity index is 176. The van der Waals surface area contributed by atoms with Crippen LogP contribution >= 0.6 is 11.9 Å². The van der Waals surface area contributed by atoms with Gasteiger partial charge in [0.15, 0.2) is 0 Å². The van der Waals surface area contributed by atoms with Gasteiger partial charge in [0.2, 0.25) is 0 Å². The van der Waals surface area contributed by atoms with Crippen LogP contribution in [0, 0.1) is 0 Å². The number of nitrogens with zero attached hydrogens (tertiary/aromatic N) is 1. The minimum atomic E-state index is -0.504. The van der Waals surface area contributed by atoms with Crippen LogP contribution < -0.4 is 0 Å². The summed E-state index contributed by atoms with van der Waals surface area (Å²) in [5, 5.41) is 0. The molecular formula is C8H12ClNO2. The summed E-state index contributed by atoms with van der Waals surface area (Å²) in [4.78, 5) is 12.8. The zero-order valence-electron chi connectivity index (χ0n) is 6.83. The average molecular weight is 190 g/mol. The van der Waals surface area contributed by atoms with E-state index in [0.717, 1.165) is 19.6 Å². The van der Waals surface area contributed by atoms with Crippen LogP contribution in [0.2, 0.25) is 0 Å². The fourth-order valence-corrected chi connectivity index (χ4v) is 1.34. The average Bonchev–Trinajstić information content (AvgIpc) is 2.57. The second-order valence-corrected chi connectivity index (χ2v) is 2.96. The van der Waals surface area contributed by atoms with Gasteiger partial charge < -0.3 is 4.29 Å². The molecule has 12 heavy (non-hydrogen) atoms. The Morgan fingerprint density at radius 3 is 2.75 bits per heavy atom. The molecule has 4 heteroatoms. The highest BCUT2D eigenvalue weighted by atomic mass is 35.5. The van der Waals surface area contributed by atoms with E-state index in [1.165, 1.54) is 18.9 Å². The van der Waals surface area contributed by atoms with Gasteiger partial charge >= 0.3 is 5.97 Å². The van der Waals surface area contributed by atoms with E-state index in [1.54, 1.807) is 6.08 Å². The molecule has 0 atom stereocenters. The highest BCUT2D eigenvalue weighted by Gasteiger charge is 2.08. The summed E-state index contributed by atoms with van der Waals surface area (Å²) in [6.45, 7) is 3.06. The molecule has 1 heterocycles. The normalized spacial score (nSPS) is 18.8. The summed E-state index contributed by atoms with van der Waals surface area (Å²) in [6, 6.07) is 0. The third-order valence-electron chi connectivity index (χ3n) is 1.89. The standard InChI is InChI=1S/C8H12ClNO2/c9-12-8(11)4-3-7-10-5-1-2-6-10/h3-4H,1-2,5-7H2/b4-3+. The Balaban J connectivity index is 2.15. The molecule has 0 aliphatic carbocycles. The number of carbonyl (C=O) groups excluding carboxylic acids is 1. The summed E-state index contributed by atoms with van der Waals surface area (Å²) < 4.78 is 3.94. The van der Waals surface area contributed by atoms with E-state index in [9.17, 15) is 4.79 Å². The predicted octanol–water partition coefficient (Wildman–Crippen LogP) is 1.34. The van der Waals surface area contributed by atoms with Gasteiger partial charge in [0.25, 0.3) is 0 Å². The Morgan fingerprint density at radius 1 is 1.50 bits per heavy atom. The minimum Gasteiger partial charge on any atom is -0.344 e. The number of hydrogen-bond donors (Lipinski definition) is 0. The number of likely N-dealkylation sites (tertiary alicyclic amines) is 1. The van der Waals surface area contributed by atoms with Crippen molar-refractivity contribution in [1.29, 1.82) is 0 Å². The van der Waals surface area contributed by atoms with Crippen LogP contribution in [-0.2, 0) is 9.08 Å². The van der Waals surface area contributed by atoms with Crippen LogP contribution in [0.15, 0.2) is 12.2 Å². The van der Waals surface area contributed by atoms with Crippen molar-refractivity contribution >= 4 is 17.8 Å². The second kappa shape index (κ2) is 5.17. The van der Waals surface area contributed by atoms with E-state index in [2.05, 4.69) is 9.19 Å². The number of halogens is 1. The Morgan fingerprint density at radius 2 is 2.17 bits per heavy atom. The molecule has 68 valence electrons. The van der Waals surface area contributed by atoms with Gasteiger partial charge in [-0.2, -0.15) is 0 Å². The molecule has 0 unspecified atom stereocenters. The van der Waals surface area contributed by atoms with Crippen LogP contribution in [0.3, 0.4) is 0 Å². The van der Waals surface area contributed by atoms with Gasteiger partial charge in [-0.15, -0.1) is 0 Å². The van der Waals surface area contributed by atoms with Gasteiger partial charge in [0.1, 0.15) is 11.9 Å². The Labute approximate surface area is 77.1 Å². The number of hydrogen-bond acceptors (Lipinski definition) is 3. The maximum absolute atomic E-state index is 10.5. The molecule has 1 aliphatic heterocycles. The third-order valence-corrected chi connectivity index (χ3v) is 2.04. The van der Waals surface area contributed by atoms with Gasteiger partial charge in [0.05, 0.1) is 0 Å². The molecule has 3 nitrogen and oxygen atoms in total. The minimum absolute atomic E-state index is 0.504. The van der Waals surface area contributed by atoms with Gasteiger partial charge in [0, 0.05) is 12.6 Å². The lowest BCUT2D eigenvalue weighted by atomic mass is 10.4.